The van der Waals surface area contributed by atoms with E-state index in [1.807, 2.05) is 18.2 Å². The van der Waals surface area contributed by atoms with Gasteiger partial charge >= 0.3 is 0 Å². The number of hydrogen-bond donors (Lipinski definition) is 1. The highest BCUT2D eigenvalue weighted by Gasteiger charge is 2.23. The molecule has 7 heteroatoms. The summed E-state index contributed by atoms with van der Waals surface area (Å²) in [5, 5.41) is 2.71. The lowest BCUT2D eigenvalue weighted by Gasteiger charge is -2.16. The Bertz CT molecular complexity index is 965. The lowest BCUT2D eigenvalue weighted by molar-refractivity contribution is 0.0784. The third-order valence-electron chi connectivity index (χ3n) is 4.19. The van der Waals surface area contributed by atoms with Gasteiger partial charge in [0, 0.05) is 38.7 Å². The van der Waals surface area contributed by atoms with E-state index in [0.29, 0.717) is 25.0 Å². The normalized spacial score (nSPS) is 10.6. The van der Waals surface area contributed by atoms with Crippen LogP contribution in [0.1, 0.15) is 26.7 Å². The summed E-state index contributed by atoms with van der Waals surface area (Å²) in [5.74, 6) is -0.364. The molecule has 0 aliphatic rings. The number of imidazole rings is 1. The summed E-state index contributed by atoms with van der Waals surface area (Å²) in [5.41, 5.74) is 1.91. The second-order valence-corrected chi connectivity index (χ2v) is 6.07. The lowest BCUT2D eigenvalue weighted by Crippen LogP contribution is -2.30. The zero-order valence-corrected chi connectivity index (χ0v) is 15.1. The van der Waals surface area contributed by atoms with Crippen molar-refractivity contribution in [2.24, 2.45) is 0 Å². The number of carbonyl (C=O) groups is 2. The van der Waals surface area contributed by atoms with Crippen LogP contribution in [0.25, 0.3) is 5.52 Å². The zero-order chi connectivity index (χ0) is 19.2. The maximum Gasteiger partial charge on any atom is 0.290 e. The van der Waals surface area contributed by atoms with E-state index in [4.69, 9.17) is 0 Å². The Balaban J connectivity index is 1.83. The molecule has 3 heterocycles. The first-order valence-corrected chi connectivity index (χ1v) is 8.62. The molecular formula is C20H21N5O2. The predicted octanol–water partition coefficient (Wildman–Crippen LogP) is 1.96. The molecule has 0 atom stereocenters. The van der Waals surface area contributed by atoms with E-state index in [1.165, 1.54) is 0 Å². The van der Waals surface area contributed by atoms with Crippen LogP contribution in [0.3, 0.4) is 0 Å². The van der Waals surface area contributed by atoms with Crippen molar-refractivity contribution in [2.75, 3.05) is 20.1 Å². The maximum absolute atomic E-state index is 12.9. The molecule has 0 aliphatic carbocycles. The number of nitrogens with one attached hydrogen (secondary N) is 1. The Kier molecular flexibility index (Phi) is 5.61. The molecule has 0 spiro atoms. The quantitative estimate of drug-likeness (QED) is 0.651. The van der Waals surface area contributed by atoms with Crippen molar-refractivity contribution in [2.45, 2.75) is 6.42 Å². The summed E-state index contributed by atoms with van der Waals surface area (Å²) in [6.07, 6.45) is 7.49. The number of amides is 2. The van der Waals surface area contributed by atoms with E-state index in [9.17, 15) is 9.59 Å². The molecule has 2 amide bonds. The number of hydrogen-bond acceptors (Lipinski definition) is 4. The molecular weight excluding hydrogens is 342 g/mol. The smallest absolute Gasteiger partial charge is 0.290 e. The van der Waals surface area contributed by atoms with Crippen molar-refractivity contribution >= 4 is 17.3 Å². The molecule has 3 rings (SSSR count). The fourth-order valence-electron chi connectivity index (χ4n) is 2.72. The van der Waals surface area contributed by atoms with Crippen molar-refractivity contribution in [3.8, 4) is 0 Å². The fraction of sp³-hybridized carbons (Fsp3) is 0.200. The van der Waals surface area contributed by atoms with Gasteiger partial charge in [-0.3, -0.25) is 19.0 Å². The monoisotopic (exact) mass is 363 g/mol. The second-order valence-electron chi connectivity index (χ2n) is 6.07. The number of aromatic nitrogens is 3. The van der Waals surface area contributed by atoms with Crippen LogP contribution in [0.5, 0.6) is 0 Å². The van der Waals surface area contributed by atoms with Gasteiger partial charge in [0.05, 0.1) is 5.52 Å². The van der Waals surface area contributed by atoms with E-state index in [-0.39, 0.29) is 23.3 Å². The maximum atomic E-state index is 12.9. The van der Waals surface area contributed by atoms with Crippen molar-refractivity contribution in [3.63, 3.8) is 0 Å². The van der Waals surface area contributed by atoms with Crippen molar-refractivity contribution < 1.29 is 9.59 Å². The van der Waals surface area contributed by atoms with Gasteiger partial charge in [0.15, 0.2) is 5.69 Å². The van der Waals surface area contributed by atoms with Crippen molar-refractivity contribution in [3.05, 3.63) is 78.7 Å². The summed E-state index contributed by atoms with van der Waals surface area (Å²) < 4.78 is 1.65. The van der Waals surface area contributed by atoms with Crippen LogP contribution in [0, 0.1) is 0 Å². The molecule has 0 bridgehead atoms. The predicted molar refractivity (Wildman–Crippen MR) is 103 cm³/mol. The van der Waals surface area contributed by atoms with Gasteiger partial charge < -0.3 is 10.2 Å². The minimum absolute atomic E-state index is 0.214. The Morgan fingerprint density at radius 1 is 1.26 bits per heavy atom. The van der Waals surface area contributed by atoms with Crippen molar-refractivity contribution in [1.82, 2.24) is 24.6 Å². The molecule has 0 saturated heterocycles. The first kappa shape index (κ1) is 18.3. The third kappa shape index (κ3) is 4.03. The Labute approximate surface area is 157 Å². The van der Waals surface area contributed by atoms with Gasteiger partial charge in [0.2, 0.25) is 5.82 Å². The molecule has 0 fully saturated rings. The molecule has 138 valence electrons. The standard InChI is InChI=1S/C20H21N5O2/c1-3-10-22-19(26)17-16-6-4-5-13-25(16)18(23-17)20(27)24(2)14-9-15-7-11-21-12-8-15/h3-8,11-13H,1,9-10,14H2,2H3,(H,22,26). The van der Waals surface area contributed by atoms with E-state index < -0.39 is 0 Å². The van der Waals surface area contributed by atoms with Gasteiger partial charge in [-0.25, -0.2) is 4.98 Å². The Hall–Kier alpha value is -3.48. The van der Waals surface area contributed by atoms with E-state index in [0.717, 1.165) is 5.56 Å². The minimum atomic E-state index is -0.336. The number of pyridine rings is 2. The number of nitrogens with zero attached hydrogens (tertiary/aromatic N) is 4. The fourth-order valence-corrected chi connectivity index (χ4v) is 2.72. The van der Waals surface area contributed by atoms with Crippen LogP contribution in [0.4, 0.5) is 0 Å². The Morgan fingerprint density at radius 2 is 2.04 bits per heavy atom. The van der Waals surface area contributed by atoms with Crippen LogP contribution in [0.2, 0.25) is 0 Å². The van der Waals surface area contributed by atoms with E-state index in [1.54, 1.807) is 53.1 Å². The van der Waals surface area contributed by atoms with Crippen LogP contribution in [0.15, 0.2) is 61.6 Å². The summed E-state index contributed by atoms with van der Waals surface area (Å²) in [7, 11) is 1.73. The van der Waals surface area contributed by atoms with E-state index in [2.05, 4.69) is 21.9 Å². The van der Waals surface area contributed by atoms with Gasteiger partial charge in [0.25, 0.3) is 11.8 Å². The molecule has 7 nitrogen and oxygen atoms in total. The SMILES string of the molecule is C=CCNC(=O)c1nc(C(=O)N(C)CCc2ccncc2)n2ccccc12. The number of fused-ring (bicyclic) bond motifs is 1. The number of likely N-dealkylation sites (N-methyl/N-ethyl adjacent to an activating group) is 1. The first-order valence-electron chi connectivity index (χ1n) is 8.62. The van der Waals surface area contributed by atoms with Gasteiger partial charge in [-0.15, -0.1) is 6.58 Å². The molecule has 0 saturated carbocycles. The largest absolute Gasteiger partial charge is 0.347 e. The number of carbonyl (C=O) groups excluding carboxylic acids is 2. The second kappa shape index (κ2) is 8.27. The molecule has 0 aromatic carbocycles. The van der Waals surface area contributed by atoms with Crippen LogP contribution < -0.4 is 5.32 Å². The highest BCUT2D eigenvalue weighted by molar-refractivity contribution is 6.02. The molecule has 1 N–H and O–H groups in total. The molecule has 0 aliphatic heterocycles. The highest BCUT2D eigenvalue weighted by Crippen LogP contribution is 2.15. The van der Waals surface area contributed by atoms with Crippen LogP contribution in [-0.2, 0) is 6.42 Å². The van der Waals surface area contributed by atoms with Crippen molar-refractivity contribution in [1.29, 1.82) is 0 Å². The molecule has 3 aromatic heterocycles. The van der Waals surface area contributed by atoms with Gasteiger partial charge in [0.1, 0.15) is 0 Å². The molecule has 27 heavy (non-hydrogen) atoms. The summed E-state index contributed by atoms with van der Waals surface area (Å²) >= 11 is 0. The topological polar surface area (TPSA) is 79.6 Å². The van der Waals surface area contributed by atoms with Crippen LogP contribution in [-0.4, -0.2) is 51.2 Å². The first-order chi connectivity index (χ1) is 13.1. The average molecular weight is 363 g/mol. The molecule has 0 unspecified atom stereocenters. The summed E-state index contributed by atoms with van der Waals surface area (Å²) in [4.78, 5) is 35.2. The zero-order valence-electron chi connectivity index (χ0n) is 15.1. The average Bonchev–Trinajstić information content (AvgIpc) is 3.10. The third-order valence-corrected chi connectivity index (χ3v) is 4.19. The summed E-state index contributed by atoms with van der Waals surface area (Å²) in [6.45, 7) is 4.45. The Morgan fingerprint density at radius 3 is 2.78 bits per heavy atom. The van der Waals surface area contributed by atoms with Gasteiger partial charge in [-0.05, 0) is 36.2 Å². The molecule has 0 radical (unpaired) electrons. The minimum Gasteiger partial charge on any atom is -0.347 e. The highest BCUT2D eigenvalue weighted by atomic mass is 16.2. The lowest BCUT2D eigenvalue weighted by atomic mass is 10.2. The molecule has 3 aromatic rings. The van der Waals surface area contributed by atoms with Crippen LogP contribution >= 0.6 is 0 Å². The van der Waals surface area contributed by atoms with Gasteiger partial charge in [-0.1, -0.05) is 12.1 Å². The summed E-state index contributed by atoms with van der Waals surface area (Å²) in [6, 6.07) is 9.22. The number of rotatable bonds is 7. The van der Waals surface area contributed by atoms with E-state index >= 15 is 0 Å². The van der Waals surface area contributed by atoms with Gasteiger partial charge in [-0.2, -0.15) is 0 Å².